The molecule has 0 aliphatic rings. The van der Waals surface area contributed by atoms with Gasteiger partial charge in [-0.2, -0.15) is 26.3 Å². The Kier molecular flexibility index (Phi) is 5.17. The van der Waals surface area contributed by atoms with Gasteiger partial charge in [-0.3, -0.25) is 0 Å². The van der Waals surface area contributed by atoms with Crippen LogP contribution >= 0.6 is 0 Å². The quantitative estimate of drug-likeness (QED) is 0.509. The first-order chi connectivity index (χ1) is 7.50. The average molecular weight is 274 g/mol. The van der Waals surface area contributed by atoms with Gasteiger partial charge in [0.15, 0.2) is 0 Å². The highest BCUT2D eigenvalue weighted by molar-refractivity contribution is 4.97. The SMILES string of the molecule is CCCOCC(F)(F)C(F)(F)C(F)(F)C(F)F. The second-order valence-electron chi connectivity index (χ2n) is 3.26. The van der Waals surface area contributed by atoms with Gasteiger partial charge in [0.2, 0.25) is 0 Å². The van der Waals surface area contributed by atoms with Gasteiger partial charge in [0, 0.05) is 6.61 Å². The zero-order chi connectivity index (χ0) is 13.9. The third-order valence-electron chi connectivity index (χ3n) is 1.78. The van der Waals surface area contributed by atoms with Crippen LogP contribution in [0.5, 0.6) is 0 Å². The summed E-state index contributed by atoms with van der Waals surface area (Å²) in [5.74, 6) is -17.7. The molecule has 0 N–H and O–H groups in total. The third-order valence-corrected chi connectivity index (χ3v) is 1.78. The fourth-order valence-corrected chi connectivity index (χ4v) is 0.816. The highest BCUT2D eigenvalue weighted by Gasteiger charge is 2.75. The molecule has 0 aliphatic heterocycles. The lowest BCUT2D eigenvalue weighted by molar-refractivity contribution is -0.345. The lowest BCUT2D eigenvalue weighted by Gasteiger charge is -2.31. The van der Waals surface area contributed by atoms with Crippen LogP contribution in [-0.4, -0.2) is 37.4 Å². The van der Waals surface area contributed by atoms with Crippen molar-refractivity contribution in [3.63, 3.8) is 0 Å². The molecule has 104 valence electrons. The number of ether oxygens (including phenoxy) is 1. The molecule has 0 aliphatic carbocycles. The minimum absolute atomic E-state index is 0.187. The smallest absolute Gasteiger partial charge is 0.375 e. The topological polar surface area (TPSA) is 9.23 Å². The molecule has 0 aromatic rings. The molecule has 0 bridgehead atoms. The standard InChI is InChI=1S/C8H10F8O/c1-2-3-17-4-6(11,12)8(15,16)7(13,14)5(9)10/h5H,2-4H2,1H3. The van der Waals surface area contributed by atoms with Gasteiger partial charge < -0.3 is 4.74 Å². The van der Waals surface area contributed by atoms with Crippen LogP contribution in [0.3, 0.4) is 0 Å². The maximum atomic E-state index is 12.7. The van der Waals surface area contributed by atoms with E-state index in [-0.39, 0.29) is 13.0 Å². The zero-order valence-electron chi connectivity index (χ0n) is 8.63. The first-order valence-corrected chi connectivity index (χ1v) is 4.50. The Morgan fingerprint density at radius 2 is 1.47 bits per heavy atom. The molecule has 0 spiro atoms. The highest BCUT2D eigenvalue weighted by Crippen LogP contribution is 2.48. The predicted octanol–water partition coefficient (Wildman–Crippen LogP) is 3.58. The third kappa shape index (κ3) is 3.20. The van der Waals surface area contributed by atoms with Gasteiger partial charge in [0.1, 0.15) is 6.61 Å². The van der Waals surface area contributed by atoms with Crippen LogP contribution < -0.4 is 0 Å². The van der Waals surface area contributed by atoms with Crippen LogP contribution in [0.25, 0.3) is 0 Å². The van der Waals surface area contributed by atoms with E-state index in [0.29, 0.717) is 0 Å². The van der Waals surface area contributed by atoms with Crippen LogP contribution in [0.1, 0.15) is 13.3 Å². The maximum Gasteiger partial charge on any atom is 0.380 e. The normalized spacial score (nSPS) is 14.5. The highest BCUT2D eigenvalue weighted by atomic mass is 19.4. The molecular formula is C8H10F8O. The van der Waals surface area contributed by atoms with Crippen LogP contribution in [0.4, 0.5) is 35.1 Å². The lowest BCUT2D eigenvalue weighted by Crippen LogP contribution is -2.59. The molecule has 9 heteroatoms. The molecule has 0 fully saturated rings. The minimum Gasteiger partial charge on any atom is -0.375 e. The largest absolute Gasteiger partial charge is 0.380 e. The van der Waals surface area contributed by atoms with Crippen molar-refractivity contribution in [1.29, 1.82) is 0 Å². The molecule has 0 saturated heterocycles. The zero-order valence-corrected chi connectivity index (χ0v) is 8.63. The summed E-state index contributed by atoms with van der Waals surface area (Å²) in [7, 11) is 0. The van der Waals surface area contributed by atoms with E-state index >= 15 is 0 Å². The van der Waals surface area contributed by atoms with E-state index in [9.17, 15) is 35.1 Å². The molecule has 0 unspecified atom stereocenters. The van der Waals surface area contributed by atoms with Gasteiger partial charge >= 0.3 is 24.2 Å². The number of halogens is 8. The van der Waals surface area contributed by atoms with Gasteiger partial charge in [0.05, 0.1) is 0 Å². The molecule has 0 radical (unpaired) electrons. The maximum absolute atomic E-state index is 12.7. The summed E-state index contributed by atoms with van der Waals surface area (Å²) in [5.41, 5.74) is 0. The second-order valence-corrected chi connectivity index (χ2v) is 3.26. The van der Waals surface area contributed by atoms with E-state index in [2.05, 4.69) is 4.74 Å². The summed E-state index contributed by atoms with van der Waals surface area (Å²) >= 11 is 0. The molecule has 0 aromatic heterocycles. The van der Waals surface area contributed by atoms with Crippen molar-refractivity contribution >= 4 is 0 Å². The van der Waals surface area contributed by atoms with Crippen molar-refractivity contribution < 1.29 is 39.9 Å². The van der Waals surface area contributed by atoms with Crippen LogP contribution in [0, 0.1) is 0 Å². The van der Waals surface area contributed by atoms with Crippen molar-refractivity contribution in [2.24, 2.45) is 0 Å². The molecular weight excluding hydrogens is 264 g/mol. The predicted molar refractivity (Wildman–Crippen MR) is 42.0 cm³/mol. The van der Waals surface area contributed by atoms with Crippen molar-refractivity contribution in [1.82, 2.24) is 0 Å². The Balaban J connectivity index is 4.88. The summed E-state index contributed by atoms with van der Waals surface area (Å²) in [5, 5.41) is 0. The van der Waals surface area contributed by atoms with Crippen LogP contribution in [-0.2, 0) is 4.74 Å². The summed E-state index contributed by atoms with van der Waals surface area (Å²) in [6.45, 7) is -0.952. The molecule has 0 heterocycles. The molecule has 0 rings (SSSR count). The van der Waals surface area contributed by atoms with Crippen molar-refractivity contribution in [3.05, 3.63) is 0 Å². The van der Waals surface area contributed by atoms with E-state index in [1.165, 1.54) is 6.92 Å². The van der Waals surface area contributed by atoms with E-state index in [1.807, 2.05) is 0 Å². The van der Waals surface area contributed by atoms with Crippen molar-refractivity contribution in [2.45, 2.75) is 37.5 Å². The number of alkyl halides is 8. The Labute approximate surface area is 91.7 Å². The number of hydrogen-bond donors (Lipinski definition) is 0. The average Bonchev–Trinajstić information content (AvgIpc) is 2.17. The van der Waals surface area contributed by atoms with Crippen molar-refractivity contribution in [2.75, 3.05) is 13.2 Å². The Morgan fingerprint density at radius 3 is 1.82 bits per heavy atom. The van der Waals surface area contributed by atoms with Gasteiger partial charge in [0.25, 0.3) is 0 Å². The monoisotopic (exact) mass is 274 g/mol. The summed E-state index contributed by atoms with van der Waals surface area (Å²) in [6.07, 6.45) is -4.71. The van der Waals surface area contributed by atoms with Crippen LogP contribution in [0.15, 0.2) is 0 Å². The summed E-state index contributed by atoms with van der Waals surface area (Å²) in [6, 6.07) is 0. The number of rotatable bonds is 7. The first-order valence-electron chi connectivity index (χ1n) is 4.50. The molecule has 0 atom stereocenters. The molecule has 1 nitrogen and oxygen atoms in total. The fourth-order valence-electron chi connectivity index (χ4n) is 0.816. The van der Waals surface area contributed by atoms with Gasteiger partial charge in [-0.25, -0.2) is 8.78 Å². The van der Waals surface area contributed by atoms with Gasteiger partial charge in [-0.05, 0) is 6.42 Å². The lowest BCUT2D eigenvalue weighted by atomic mass is 10.1. The molecule has 0 amide bonds. The molecule has 0 saturated carbocycles. The second kappa shape index (κ2) is 5.36. The Bertz CT molecular complexity index is 240. The van der Waals surface area contributed by atoms with E-state index in [0.717, 1.165) is 0 Å². The Morgan fingerprint density at radius 1 is 1.00 bits per heavy atom. The Hall–Kier alpha value is -0.600. The van der Waals surface area contributed by atoms with Gasteiger partial charge in [-0.1, -0.05) is 6.92 Å². The fraction of sp³-hybridized carbons (Fsp3) is 1.00. The van der Waals surface area contributed by atoms with E-state index in [4.69, 9.17) is 0 Å². The summed E-state index contributed by atoms with van der Waals surface area (Å²) in [4.78, 5) is 0. The number of hydrogen-bond acceptors (Lipinski definition) is 1. The van der Waals surface area contributed by atoms with E-state index in [1.54, 1.807) is 0 Å². The molecule has 17 heavy (non-hydrogen) atoms. The van der Waals surface area contributed by atoms with Gasteiger partial charge in [-0.15, -0.1) is 0 Å². The minimum atomic E-state index is -6.18. The first kappa shape index (κ1) is 16.4. The molecule has 0 aromatic carbocycles. The van der Waals surface area contributed by atoms with Crippen molar-refractivity contribution in [3.8, 4) is 0 Å². The van der Waals surface area contributed by atoms with E-state index < -0.39 is 30.8 Å². The van der Waals surface area contributed by atoms with Crippen LogP contribution in [0.2, 0.25) is 0 Å². The summed E-state index contributed by atoms with van der Waals surface area (Å²) < 4.78 is 102.